The highest BCUT2D eigenvalue weighted by Gasteiger charge is 2.07. The fraction of sp³-hybridized carbons (Fsp3) is 0.368. The quantitative estimate of drug-likeness (QED) is 0.820. The monoisotopic (exact) mass is 280 g/mol. The average Bonchev–Trinajstić information content (AvgIpc) is 2.77. The predicted octanol–water partition coefficient (Wildman–Crippen LogP) is 3.42. The van der Waals surface area contributed by atoms with Crippen molar-refractivity contribution in [2.75, 3.05) is 25.0 Å². The molecule has 0 bridgehead atoms. The SMILES string of the molecule is c1ccc(CCCNc2ccc3c(c2)CCNCC3)cc1. The van der Waals surface area contributed by atoms with Crippen LogP contribution in [-0.4, -0.2) is 19.6 Å². The van der Waals surface area contributed by atoms with Crippen LogP contribution in [0, 0.1) is 0 Å². The molecule has 0 amide bonds. The van der Waals surface area contributed by atoms with E-state index in [1.807, 2.05) is 0 Å². The Balaban J connectivity index is 1.50. The largest absolute Gasteiger partial charge is 0.385 e. The number of hydrogen-bond acceptors (Lipinski definition) is 2. The lowest BCUT2D eigenvalue weighted by molar-refractivity contribution is 0.711. The van der Waals surface area contributed by atoms with E-state index in [1.165, 1.54) is 28.8 Å². The van der Waals surface area contributed by atoms with Gasteiger partial charge < -0.3 is 10.6 Å². The van der Waals surface area contributed by atoms with Crippen LogP contribution in [0.2, 0.25) is 0 Å². The van der Waals surface area contributed by atoms with Crippen molar-refractivity contribution in [1.82, 2.24) is 5.32 Å². The molecular weight excluding hydrogens is 256 g/mol. The molecule has 1 aliphatic heterocycles. The minimum absolute atomic E-state index is 1.03. The number of hydrogen-bond donors (Lipinski definition) is 2. The second-order valence-corrected chi connectivity index (χ2v) is 5.75. The van der Waals surface area contributed by atoms with Crippen molar-refractivity contribution in [3.8, 4) is 0 Å². The summed E-state index contributed by atoms with van der Waals surface area (Å²) < 4.78 is 0. The summed E-state index contributed by atoms with van der Waals surface area (Å²) in [5, 5.41) is 7.03. The molecule has 3 rings (SSSR count). The van der Waals surface area contributed by atoms with Gasteiger partial charge >= 0.3 is 0 Å². The molecule has 110 valence electrons. The first kappa shape index (κ1) is 14.2. The predicted molar refractivity (Wildman–Crippen MR) is 90.0 cm³/mol. The Morgan fingerprint density at radius 3 is 2.57 bits per heavy atom. The summed E-state index contributed by atoms with van der Waals surface area (Å²) in [5.74, 6) is 0. The van der Waals surface area contributed by atoms with Crippen molar-refractivity contribution in [3.05, 3.63) is 65.2 Å². The summed E-state index contributed by atoms with van der Waals surface area (Å²) in [7, 11) is 0. The first-order valence-electron chi connectivity index (χ1n) is 8.02. The smallest absolute Gasteiger partial charge is 0.0343 e. The summed E-state index contributed by atoms with van der Waals surface area (Å²) in [6, 6.07) is 17.6. The lowest BCUT2D eigenvalue weighted by Crippen LogP contribution is -2.16. The summed E-state index contributed by atoms with van der Waals surface area (Å²) >= 11 is 0. The third-order valence-electron chi connectivity index (χ3n) is 4.16. The molecule has 2 heteroatoms. The van der Waals surface area contributed by atoms with Crippen molar-refractivity contribution in [1.29, 1.82) is 0 Å². The lowest BCUT2D eigenvalue weighted by Gasteiger charge is -2.11. The van der Waals surface area contributed by atoms with Crippen LogP contribution in [-0.2, 0) is 19.3 Å². The molecule has 21 heavy (non-hydrogen) atoms. The van der Waals surface area contributed by atoms with E-state index in [0.29, 0.717) is 0 Å². The zero-order valence-electron chi connectivity index (χ0n) is 12.6. The van der Waals surface area contributed by atoms with Gasteiger partial charge in [0.15, 0.2) is 0 Å². The molecule has 0 saturated carbocycles. The maximum absolute atomic E-state index is 3.57. The number of anilines is 1. The van der Waals surface area contributed by atoms with Gasteiger partial charge in [-0.1, -0.05) is 36.4 Å². The Kier molecular flexibility index (Phi) is 4.90. The summed E-state index contributed by atoms with van der Waals surface area (Å²) in [4.78, 5) is 0. The molecule has 0 fully saturated rings. The van der Waals surface area contributed by atoms with Crippen LogP contribution in [0.25, 0.3) is 0 Å². The van der Waals surface area contributed by atoms with Crippen LogP contribution in [0.4, 0.5) is 5.69 Å². The third-order valence-corrected chi connectivity index (χ3v) is 4.16. The highest BCUT2D eigenvalue weighted by atomic mass is 14.9. The Hall–Kier alpha value is -1.80. The summed E-state index contributed by atoms with van der Waals surface area (Å²) in [6.45, 7) is 3.24. The van der Waals surface area contributed by atoms with E-state index in [2.05, 4.69) is 59.2 Å². The molecule has 2 nitrogen and oxygen atoms in total. The number of aryl methyl sites for hydroxylation is 1. The van der Waals surface area contributed by atoms with Crippen molar-refractivity contribution >= 4 is 5.69 Å². The van der Waals surface area contributed by atoms with E-state index >= 15 is 0 Å². The molecule has 1 heterocycles. The highest BCUT2D eigenvalue weighted by Crippen LogP contribution is 2.18. The fourth-order valence-corrected chi connectivity index (χ4v) is 2.95. The summed E-state index contributed by atoms with van der Waals surface area (Å²) in [6.07, 6.45) is 4.61. The van der Waals surface area contributed by atoms with E-state index in [-0.39, 0.29) is 0 Å². The molecule has 1 aliphatic rings. The third kappa shape index (κ3) is 4.08. The van der Waals surface area contributed by atoms with E-state index in [0.717, 1.165) is 38.9 Å². The second kappa shape index (κ2) is 7.28. The zero-order chi connectivity index (χ0) is 14.3. The van der Waals surface area contributed by atoms with Crippen LogP contribution in [0.5, 0.6) is 0 Å². The van der Waals surface area contributed by atoms with Crippen LogP contribution in [0.15, 0.2) is 48.5 Å². The van der Waals surface area contributed by atoms with Gasteiger partial charge in [0.25, 0.3) is 0 Å². The van der Waals surface area contributed by atoms with E-state index in [1.54, 1.807) is 0 Å². The van der Waals surface area contributed by atoms with Crippen LogP contribution >= 0.6 is 0 Å². The molecule has 2 aromatic carbocycles. The maximum Gasteiger partial charge on any atom is 0.0343 e. The fourth-order valence-electron chi connectivity index (χ4n) is 2.95. The molecule has 0 spiro atoms. The van der Waals surface area contributed by atoms with E-state index in [9.17, 15) is 0 Å². The van der Waals surface area contributed by atoms with Crippen LogP contribution < -0.4 is 10.6 Å². The van der Waals surface area contributed by atoms with Crippen molar-refractivity contribution < 1.29 is 0 Å². The Morgan fingerprint density at radius 1 is 0.905 bits per heavy atom. The average molecular weight is 280 g/mol. The topological polar surface area (TPSA) is 24.1 Å². The van der Waals surface area contributed by atoms with Gasteiger partial charge in [-0.2, -0.15) is 0 Å². The molecular formula is C19H24N2. The Labute approximate surface area is 127 Å². The highest BCUT2D eigenvalue weighted by molar-refractivity contribution is 5.49. The molecule has 0 saturated heterocycles. The Bertz CT molecular complexity index is 563. The summed E-state index contributed by atoms with van der Waals surface area (Å²) in [5.41, 5.74) is 5.71. The first-order valence-corrected chi connectivity index (χ1v) is 8.02. The van der Waals surface area contributed by atoms with Crippen LogP contribution in [0.3, 0.4) is 0 Å². The first-order chi connectivity index (χ1) is 10.4. The lowest BCUT2D eigenvalue weighted by atomic mass is 10.0. The minimum Gasteiger partial charge on any atom is -0.385 e. The molecule has 0 unspecified atom stereocenters. The van der Waals surface area contributed by atoms with Crippen molar-refractivity contribution in [2.24, 2.45) is 0 Å². The normalized spacial score (nSPS) is 14.3. The van der Waals surface area contributed by atoms with Gasteiger partial charge in [-0.25, -0.2) is 0 Å². The maximum atomic E-state index is 3.57. The molecule has 0 atom stereocenters. The van der Waals surface area contributed by atoms with Gasteiger partial charge in [0.05, 0.1) is 0 Å². The number of nitrogens with one attached hydrogen (secondary N) is 2. The van der Waals surface area contributed by atoms with Gasteiger partial charge in [0.1, 0.15) is 0 Å². The van der Waals surface area contributed by atoms with Crippen molar-refractivity contribution in [3.63, 3.8) is 0 Å². The zero-order valence-corrected chi connectivity index (χ0v) is 12.6. The molecule has 0 radical (unpaired) electrons. The van der Waals surface area contributed by atoms with Gasteiger partial charge in [-0.3, -0.25) is 0 Å². The van der Waals surface area contributed by atoms with Gasteiger partial charge in [-0.05, 0) is 67.6 Å². The van der Waals surface area contributed by atoms with Crippen molar-refractivity contribution in [2.45, 2.75) is 25.7 Å². The van der Waals surface area contributed by atoms with E-state index in [4.69, 9.17) is 0 Å². The van der Waals surface area contributed by atoms with E-state index < -0.39 is 0 Å². The number of rotatable bonds is 5. The molecule has 2 N–H and O–H groups in total. The standard InChI is InChI=1S/C19H24N2/c1-2-5-16(6-3-1)7-4-12-21-19-9-8-17-10-13-20-14-11-18(17)15-19/h1-3,5-6,8-9,15,20-21H,4,7,10-14H2. The number of fused-ring (bicyclic) bond motifs is 1. The number of benzene rings is 2. The Morgan fingerprint density at radius 2 is 1.71 bits per heavy atom. The molecule has 2 aromatic rings. The molecule has 0 aliphatic carbocycles. The second-order valence-electron chi connectivity index (χ2n) is 5.75. The van der Waals surface area contributed by atoms with Crippen LogP contribution in [0.1, 0.15) is 23.1 Å². The van der Waals surface area contributed by atoms with Gasteiger partial charge in [0.2, 0.25) is 0 Å². The van der Waals surface area contributed by atoms with Gasteiger partial charge in [0, 0.05) is 12.2 Å². The minimum atomic E-state index is 1.03. The molecule has 0 aromatic heterocycles. The van der Waals surface area contributed by atoms with Gasteiger partial charge in [-0.15, -0.1) is 0 Å².